The molecular weight excluding hydrogens is 513 g/mol. The second-order valence-corrected chi connectivity index (χ2v) is 10.0. The number of hydrogen-bond donors (Lipinski definition) is 0. The predicted octanol–water partition coefficient (Wildman–Crippen LogP) is 5.45. The number of nitrogens with zero attached hydrogens (tertiary/aromatic N) is 6. The first-order chi connectivity index (χ1) is 18.3. The number of benzene rings is 1. The molecule has 38 heavy (non-hydrogen) atoms. The van der Waals surface area contributed by atoms with Crippen molar-refractivity contribution in [2.75, 3.05) is 6.54 Å². The molecule has 0 saturated carbocycles. The molecule has 0 radical (unpaired) electrons. The first-order valence-electron chi connectivity index (χ1n) is 12.0. The number of allylic oxidation sites excluding steroid dienone is 1. The lowest BCUT2D eigenvalue weighted by Gasteiger charge is -2.33. The number of aryl methyl sites for hydroxylation is 1. The Balaban J connectivity index is 1.54. The number of hydrogen-bond acceptors (Lipinski definition) is 5. The van der Waals surface area contributed by atoms with Crippen molar-refractivity contribution in [1.82, 2.24) is 24.2 Å². The number of nitriles is 1. The van der Waals surface area contributed by atoms with Gasteiger partial charge in [-0.05, 0) is 29.7 Å². The molecule has 1 unspecified atom stereocenters. The number of halogens is 3. The van der Waals surface area contributed by atoms with E-state index in [0.717, 1.165) is 10.4 Å². The van der Waals surface area contributed by atoms with E-state index in [9.17, 15) is 23.2 Å². The summed E-state index contributed by atoms with van der Waals surface area (Å²) in [6.07, 6.45) is 5.13. The highest BCUT2D eigenvalue weighted by molar-refractivity contribution is 7.12. The summed E-state index contributed by atoms with van der Waals surface area (Å²) in [4.78, 5) is 20.2. The van der Waals surface area contributed by atoms with Gasteiger partial charge in [-0.25, -0.2) is 4.98 Å². The van der Waals surface area contributed by atoms with Crippen LogP contribution in [0.15, 0.2) is 67.4 Å². The number of fused-ring (bicyclic) bond motifs is 1. The zero-order valence-electron chi connectivity index (χ0n) is 20.4. The summed E-state index contributed by atoms with van der Waals surface area (Å²) in [7, 11) is 0. The molecule has 1 aromatic carbocycles. The Bertz CT molecular complexity index is 1530. The van der Waals surface area contributed by atoms with Crippen LogP contribution in [0.2, 0.25) is 0 Å². The van der Waals surface area contributed by atoms with E-state index >= 15 is 0 Å². The van der Waals surface area contributed by atoms with E-state index in [1.807, 2.05) is 4.57 Å². The second-order valence-electron chi connectivity index (χ2n) is 8.87. The molecule has 0 fully saturated rings. The molecule has 0 aliphatic carbocycles. The van der Waals surface area contributed by atoms with Crippen LogP contribution in [0, 0.1) is 11.3 Å². The number of imidazole rings is 1. The predicted molar refractivity (Wildman–Crippen MR) is 136 cm³/mol. The zero-order chi connectivity index (χ0) is 26.9. The van der Waals surface area contributed by atoms with E-state index in [-0.39, 0.29) is 18.0 Å². The Hall–Kier alpha value is -4.17. The van der Waals surface area contributed by atoms with Gasteiger partial charge >= 0.3 is 6.18 Å². The Kier molecular flexibility index (Phi) is 6.91. The second kappa shape index (κ2) is 10.3. The average Bonchev–Trinajstić information content (AvgIpc) is 3.67. The fraction of sp³-hybridized carbons (Fsp3) is 0.259. The van der Waals surface area contributed by atoms with Crippen LogP contribution in [0.1, 0.15) is 39.4 Å². The van der Waals surface area contributed by atoms with Crippen molar-refractivity contribution in [3.63, 3.8) is 0 Å². The molecule has 7 nitrogen and oxygen atoms in total. The van der Waals surface area contributed by atoms with Crippen LogP contribution < -0.4 is 0 Å². The molecule has 0 spiro atoms. The van der Waals surface area contributed by atoms with Gasteiger partial charge in [0.1, 0.15) is 10.9 Å². The van der Waals surface area contributed by atoms with Crippen LogP contribution in [0.4, 0.5) is 13.2 Å². The van der Waals surface area contributed by atoms with Gasteiger partial charge in [0.25, 0.3) is 0 Å². The Labute approximate surface area is 221 Å². The number of amides is 1. The highest BCUT2D eigenvalue weighted by Gasteiger charge is 2.39. The van der Waals surface area contributed by atoms with Crippen LogP contribution in [-0.4, -0.2) is 36.7 Å². The molecule has 4 aromatic rings. The van der Waals surface area contributed by atoms with Crippen LogP contribution >= 0.6 is 11.3 Å². The van der Waals surface area contributed by atoms with Crippen molar-refractivity contribution in [1.29, 1.82) is 5.26 Å². The first-order valence-corrected chi connectivity index (χ1v) is 12.8. The maximum Gasteiger partial charge on any atom is 0.435 e. The molecule has 1 atom stereocenters. The zero-order valence-corrected chi connectivity index (χ0v) is 21.2. The third kappa shape index (κ3) is 4.99. The minimum absolute atomic E-state index is 0.00378. The minimum atomic E-state index is -4.63. The van der Waals surface area contributed by atoms with Gasteiger partial charge in [-0.2, -0.15) is 23.5 Å². The molecule has 11 heteroatoms. The molecule has 1 amide bonds. The van der Waals surface area contributed by atoms with E-state index in [1.54, 1.807) is 67.0 Å². The van der Waals surface area contributed by atoms with Crippen molar-refractivity contribution in [2.45, 2.75) is 38.7 Å². The normalized spacial score (nSPS) is 15.6. The fourth-order valence-electron chi connectivity index (χ4n) is 4.72. The monoisotopic (exact) mass is 536 g/mol. The maximum absolute atomic E-state index is 14.0. The third-order valence-corrected chi connectivity index (χ3v) is 7.53. The molecule has 194 valence electrons. The summed E-state index contributed by atoms with van der Waals surface area (Å²) in [5, 5.41) is 13.3. The van der Waals surface area contributed by atoms with Gasteiger partial charge in [-0.1, -0.05) is 30.3 Å². The average molecular weight is 537 g/mol. The highest BCUT2D eigenvalue weighted by Crippen LogP contribution is 2.44. The van der Waals surface area contributed by atoms with Crippen LogP contribution in [-0.2, 0) is 30.6 Å². The number of carbonyl (C=O) groups excluding carboxylic acids is 1. The van der Waals surface area contributed by atoms with Gasteiger partial charge < -0.3 is 9.47 Å². The standard InChI is InChI=1S/C27H23F3N6OS/c1-2-36-15-23(26(33-36)27(28,29)30)20-7-4-3-6-19(20)22-14-35(16-24-21(22)12-18(13-31)38-24)25(37)8-5-10-34-11-9-32-17-34/h3-9,11-12,15,17,22H,2,10,14,16H2,1H3/b8-5+. The van der Waals surface area contributed by atoms with Gasteiger partial charge in [-0.15, -0.1) is 11.3 Å². The van der Waals surface area contributed by atoms with Gasteiger partial charge in [0.05, 0.1) is 12.9 Å². The molecule has 5 rings (SSSR count). The third-order valence-electron chi connectivity index (χ3n) is 6.49. The molecule has 3 aromatic heterocycles. The van der Waals surface area contributed by atoms with Gasteiger partial charge in [0.15, 0.2) is 5.69 Å². The van der Waals surface area contributed by atoms with Crippen molar-refractivity contribution in [3.05, 3.63) is 94.0 Å². The molecule has 0 bridgehead atoms. The van der Waals surface area contributed by atoms with Crippen LogP contribution in [0.5, 0.6) is 0 Å². The number of alkyl halides is 3. The summed E-state index contributed by atoms with van der Waals surface area (Å²) in [6.45, 7) is 3.10. The smallest absolute Gasteiger partial charge is 0.334 e. The minimum Gasteiger partial charge on any atom is -0.334 e. The van der Waals surface area contributed by atoms with Crippen molar-refractivity contribution in [3.8, 4) is 17.2 Å². The Morgan fingerprint density at radius 1 is 1.26 bits per heavy atom. The summed E-state index contributed by atoms with van der Waals surface area (Å²) in [5.41, 5.74) is 0.973. The highest BCUT2D eigenvalue weighted by atomic mass is 32.1. The lowest BCUT2D eigenvalue weighted by molar-refractivity contribution is -0.141. The largest absolute Gasteiger partial charge is 0.435 e. The summed E-state index contributed by atoms with van der Waals surface area (Å²) >= 11 is 1.31. The van der Waals surface area contributed by atoms with Gasteiger partial charge in [0.2, 0.25) is 5.91 Å². The lowest BCUT2D eigenvalue weighted by Crippen LogP contribution is -2.37. The van der Waals surface area contributed by atoms with Crippen LogP contribution in [0.3, 0.4) is 0 Å². The number of rotatable bonds is 6. The topological polar surface area (TPSA) is 79.7 Å². The van der Waals surface area contributed by atoms with Gasteiger partial charge in [0, 0.05) is 60.7 Å². The van der Waals surface area contributed by atoms with Crippen molar-refractivity contribution in [2.24, 2.45) is 0 Å². The molecule has 1 aliphatic rings. The Morgan fingerprint density at radius 2 is 2.08 bits per heavy atom. The van der Waals surface area contributed by atoms with E-state index in [4.69, 9.17) is 0 Å². The summed E-state index contributed by atoms with van der Waals surface area (Å²) in [5.74, 6) is -0.620. The fourth-order valence-corrected chi connectivity index (χ4v) is 5.75. The molecule has 0 saturated heterocycles. The SMILES string of the molecule is CCn1cc(-c2ccccc2C2CN(C(=O)/C=C/Cn3ccnc3)Cc3sc(C#N)cc32)c(C(F)(F)F)n1. The van der Waals surface area contributed by atoms with E-state index < -0.39 is 17.8 Å². The van der Waals surface area contributed by atoms with E-state index in [2.05, 4.69) is 16.2 Å². The number of thiophene rings is 1. The molecule has 0 N–H and O–H groups in total. The quantitative estimate of drug-likeness (QED) is 0.307. The molecule has 4 heterocycles. The Morgan fingerprint density at radius 3 is 2.79 bits per heavy atom. The van der Waals surface area contributed by atoms with Crippen LogP contribution in [0.25, 0.3) is 11.1 Å². The summed E-state index contributed by atoms with van der Waals surface area (Å²) in [6, 6.07) is 10.9. The summed E-state index contributed by atoms with van der Waals surface area (Å²) < 4.78 is 45.0. The van der Waals surface area contributed by atoms with E-state index in [1.165, 1.54) is 28.3 Å². The lowest BCUT2D eigenvalue weighted by atomic mass is 9.83. The molecule has 1 aliphatic heterocycles. The van der Waals surface area contributed by atoms with Crippen molar-refractivity contribution >= 4 is 17.2 Å². The van der Waals surface area contributed by atoms with Gasteiger partial charge in [-0.3, -0.25) is 9.48 Å². The number of carbonyl (C=O) groups is 1. The molecular formula is C27H23F3N6OS. The first kappa shape index (κ1) is 25.5. The maximum atomic E-state index is 14.0. The van der Waals surface area contributed by atoms with E-state index in [0.29, 0.717) is 35.6 Å². The number of aromatic nitrogens is 4. The van der Waals surface area contributed by atoms with Crippen molar-refractivity contribution < 1.29 is 18.0 Å².